The van der Waals surface area contributed by atoms with E-state index in [0.29, 0.717) is 5.56 Å². The van der Waals surface area contributed by atoms with Crippen LogP contribution < -0.4 is 0 Å². The molecule has 0 N–H and O–H groups in total. The normalized spacial score (nSPS) is 9.21. The summed E-state index contributed by atoms with van der Waals surface area (Å²) in [5.74, 6) is -1.25. The first-order valence-corrected chi connectivity index (χ1v) is 4.20. The third kappa shape index (κ3) is 2.90. The summed E-state index contributed by atoms with van der Waals surface area (Å²) in [7, 11) is 0. The molecular weight excluding hydrogens is 184 g/mol. The van der Waals surface area contributed by atoms with Crippen molar-refractivity contribution in [2.24, 2.45) is 0 Å². The molecule has 0 aromatic heterocycles. The summed E-state index contributed by atoms with van der Waals surface area (Å²) in [6, 6.07) is 8.30. The van der Waals surface area contributed by atoms with Crippen LogP contribution in [-0.2, 0) is 14.6 Å². The Bertz CT molecular complexity index is 318. The molecule has 0 heterocycles. The van der Waals surface area contributed by atoms with Gasteiger partial charge in [0.05, 0.1) is 5.56 Å². The molecule has 1 aromatic rings. The third-order valence-electron chi connectivity index (χ3n) is 1.51. The van der Waals surface area contributed by atoms with Crippen LogP contribution in [0.25, 0.3) is 0 Å². The van der Waals surface area contributed by atoms with Gasteiger partial charge in [-0.15, -0.1) is 0 Å². The largest absolute Gasteiger partial charge is 0.386 e. The number of carbonyl (C=O) groups is 2. The summed E-state index contributed by atoms with van der Waals surface area (Å²) in [5.41, 5.74) is 0.344. The Morgan fingerprint density at radius 3 is 2.36 bits per heavy atom. The highest BCUT2D eigenvalue weighted by atomic mass is 17.2. The standard InChI is InChI=1S/C10H10O4/c1-2-9(11)13-14-10(12)8-6-4-3-5-7-8/h3-7H,2H2,1H3. The van der Waals surface area contributed by atoms with Crippen LogP contribution >= 0.6 is 0 Å². The smallest absolute Gasteiger partial charge is 0.247 e. The second kappa shape index (κ2) is 5.01. The molecule has 4 nitrogen and oxygen atoms in total. The highest BCUT2D eigenvalue weighted by Gasteiger charge is 2.09. The molecule has 0 bridgehead atoms. The van der Waals surface area contributed by atoms with Crippen molar-refractivity contribution in [2.45, 2.75) is 13.3 Å². The van der Waals surface area contributed by atoms with E-state index in [1.165, 1.54) is 0 Å². The molecule has 4 heteroatoms. The van der Waals surface area contributed by atoms with Crippen molar-refractivity contribution >= 4 is 11.9 Å². The fourth-order valence-corrected chi connectivity index (χ4v) is 0.766. The maximum absolute atomic E-state index is 11.2. The summed E-state index contributed by atoms with van der Waals surface area (Å²) in [5, 5.41) is 0. The van der Waals surface area contributed by atoms with Gasteiger partial charge in [0, 0.05) is 6.42 Å². The van der Waals surface area contributed by atoms with Crippen LogP contribution in [-0.4, -0.2) is 11.9 Å². The van der Waals surface area contributed by atoms with Gasteiger partial charge in [-0.25, -0.2) is 19.4 Å². The number of carbonyl (C=O) groups excluding carboxylic acids is 2. The SMILES string of the molecule is CCC(=O)OOC(=O)c1ccccc1. The van der Waals surface area contributed by atoms with Gasteiger partial charge in [-0.2, -0.15) is 0 Å². The predicted octanol–water partition coefficient (Wildman–Crippen LogP) is 1.71. The van der Waals surface area contributed by atoms with E-state index in [4.69, 9.17) is 0 Å². The number of rotatable bonds is 2. The summed E-state index contributed by atoms with van der Waals surface area (Å²) in [6.07, 6.45) is 0.169. The zero-order chi connectivity index (χ0) is 10.4. The van der Waals surface area contributed by atoms with Gasteiger partial charge in [0.1, 0.15) is 0 Å². The Labute approximate surface area is 81.4 Å². The summed E-state index contributed by atoms with van der Waals surface area (Å²) >= 11 is 0. The summed E-state index contributed by atoms with van der Waals surface area (Å²) in [4.78, 5) is 30.3. The molecule has 1 rings (SSSR count). The van der Waals surface area contributed by atoms with E-state index in [-0.39, 0.29) is 6.42 Å². The lowest BCUT2D eigenvalue weighted by Gasteiger charge is -2.00. The van der Waals surface area contributed by atoms with E-state index in [2.05, 4.69) is 9.78 Å². The Hall–Kier alpha value is -1.84. The molecule has 0 amide bonds. The van der Waals surface area contributed by atoms with Crippen LogP contribution in [0.4, 0.5) is 0 Å². The second-order valence-electron chi connectivity index (χ2n) is 2.55. The Kier molecular flexibility index (Phi) is 3.67. The molecule has 0 saturated heterocycles. The molecule has 0 aliphatic rings. The van der Waals surface area contributed by atoms with Crippen molar-refractivity contribution in [3.05, 3.63) is 35.9 Å². The van der Waals surface area contributed by atoms with Crippen molar-refractivity contribution in [1.29, 1.82) is 0 Å². The lowest BCUT2D eigenvalue weighted by molar-refractivity contribution is -0.233. The van der Waals surface area contributed by atoms with Gasteiger partial charge in [0.2, 0.25) is 0 Å². The fourth-order valence-electron chi connectivity index (χ4n) is 0.766. The van der Waals surface area contributed by atoms with Crippen LogP contribution in [0.15, 0.2) is 30.3 Å². The number of hydrogen-bond acceptors (Lipinski definition) is 4. The molecule has 1 aromatic carbocycles. The molecular formula is C10H10O4. The van der Waals surface area contributed by atoms with E-state index in [1.807, 2.05) is 0 Å². The zero-order valence-corrected chi connectivity index (χ0v) is 7.73. The highest BCUT2D eigenvalue weighted by Crippen LogP contribution is 2.01. The third-order valence-corrected chi connectivity index (χ3v) is 1.51. The van der Waals surface area contributed by atoms with E-state index in [9.17, 15) is 9.59 Å². The molecule has 74 valence electrons. The first-order valence-electron chi connectivity index (χ1n) is 4.20. The van der Waals surface area contributed by atoms with Crippen LogP contribution in [0, 0.1) is 0 Å². The molecule has 0 saturated carbocycles. The van der Waals surface area contributed by atoms with Gasteiger partial charge in [-0.05, 0) is 12.1 Å². The topological polar surface area (TPSA) is 52.6 Å². The summed E-state index contributed by atoms with van der Waals surface area (Å²) in [6.45, 7) is 1.61. The van der Waals surface area contributed by atoms with Gasteiger partial charge in [0.25, 0.3) is 0 Å². The highest BCUT2D eigenvalue weighted by molar-refractivity contribution is 5.89. The van der Waals surface area contributed by atoms with E-state index in [1.54, 1.807) is 37.3 Å². The van der Waals surface area contributed by atoms with Crippen LogP contribution in [0.3, 0.4) is 0 Å². The van der Waals surface area contributed by atoms with E-state index in [0.717, 1.165) is 0 Å². The molecule has 14 heavy (non-hydrogen) atoms. The lowest BCUT2D eigenvalue weighted by atomic mass is 10.2. The minimum absolute atomic E-state index is 0.169. The van der Waals surface area contributed by atoms with Crippen molar-refractivity contribution in [3.8, 4) is 0 Å². The molecule has 0 aliphatic carbocycles. The van der Waals surface area contributed by atoms with Crippen molar-refractivity contribution in [3.63, 3.8) is 0 Å². The Morgan fingerprint density at radius 1 is 1.14 bits per heavy atom. The number of benzene rings is 1. The predicted molar refractivity (Wildman–Crippen MR) is 48.2 cm³/mol. The fraction of sp³-hybridized carbons (Fsp3) is 0.200. The zero-order valence-electron chi connectivity index (χ0n) is 7.73. The maximum atomic E-state index is 11.2. The molecule has 0 radical (unpaired) electrons. The van der Waals surface area contributed by atoms with E-state index < -0.39 is 11.9 Å². The Morgan fingerprint density at radius 2 is 1.79 bits per heavy atom. The number of hydrogen-bond donors (Lipinski definition) is 0. The average molecular weight is 194 g/mol. The first kappa shape index (κ1) is 10.2. The van der Waals surface area contributed by atoms with Gasteiger partial charge in [0.15, 0.2) is 0 Å². The van der Waals surface area contributed by atoms with Gasteiger partial charge < -0.3 is 0 Å². The van der Waals surface area contributed by atoms with Gasteiger partial charge in [-0.3, -0.25) is 0 Å². The van der Waals surface area contributed by atoms with E-state index >= 15 is 0 Å². The monoisotopic (exact) mass is 194 g/mol. The molecule has 0 atom stereocenters. The van der Waals surface area contributed by atoms with Gasteiger partial charge >= 0.3 is 11.9 Å². The first-order chi connectivity index (χ1) is 6.74. The van der Waals surface area contributed by atoms with Crippen LogP contribution in [0.5, 0.6) is 0 Å². The van der Waals surface area contributed by atoms with Crippen LogP contribution in [0.1, 0.15) is 23.7 Å². The van der Waals surface area contributed by atoms with Crippen molar-refractivity contribution in [1.82, 2.24) is 0 Å². The lowest BCUT2D eigenvalue weighted by Crippen LogP contribution is -2.10. The van der Waals surface area contributed by atoms with Crippen molar-refractivity contribution in [2.75, 3.05) is 0 Å². The minimum atomic E-state index is -0.674. The molecule has 0 unspecified atom stereocenters. The average Bonchev–Trinajstić information content (AvgIpc) is 2.26. The quantitative estimate of drug-likeness (QED) is 0.531. The molecule has 0 spiro atoms. The minimum Gasteiger partial charge on any atom is -0.247 e. The maximum Gasteiger partial charge on any atom is 0.386 e. The Balaban J connectivity index is 2.48. The van der Waals surface area contributed by atoms with Gasteiger partial charge in [-0.1, -0.05) is 25.1 Å². The summed E-state index contributed by atoms with van der Waals surface area (Å²) < 4.78 is 0. The van der Waals surface area contributed by atoms with Crippen LogP contribution in [0.2, 0.25) is 0 Å². The molecule has 0 fully saturated rings. The second-order valence-corrected chi connectivity index (χ2v) is 2.55. The molecule has 0 aliphatic heterocycles. The van der Waals surface area contributed by atoms with Crippen molar-refractivity contribution < 1.29 is 19.4 Å².